The Kier molecular flexibility index (Phi) is 7.43. The lowest BCUT2D eigenvalue weighted by molar-refractivity contribution is 0.0365. The smallest absolute Gasteiger partial charge is 0.126 e. The number of hydrogen-bond acceptors (Lipinski definition) is 5. The van der Waals surface area contributed by atoms with E-state index in [0.29, 0.717) is 13.2 Å². The van der Waals surface area contributed by atoms with Crippen molar-refractivity contribution in [1.82, 2.24) is 0 Å². The van der Waals surface area contributed by atoms with E-state index >= 15 is 0 Å². The first kappa shape index (κ1) is 16.8. The third kappa shape index (κ3) is 4.70. The van der Waals surface area contributed by atoms with Crippen molar-refractivity contribution in [2.75, 3.05) is 38.4 Å². The molecule has 0 bridgehead atoms. The molecule has 1 aromatic rings. The number of nitrogen functional groups attached to an aromatic ring is 1. The summed E-state index contributed by atoms with van der Waals surface area (Å²) in [5.41, 5.74) is 7.33. The average Bonchev–Trinajstić information content (AvgIpc) is 2.43. The Labute approximate surface area is 124 Å². The van der Waals surface area contributed by atoms with Gasteiger partial charge in [-0.3, -0.25) is 5.41 Å². The van der Waals surface area contributed by atoms with Crippen molar-refractivity contribution in [3.05, 3.63) is 23.8 Å². The molecule has 0 heterocycles. The van der Waals surface area contributed by atoms with Gasteiger partial charge in [0.1, 0.15) is 5.84 Å². The molecule has 6 heteroatoms. The van der Waals surface area contributed by atoms with E-state index in [1.165, 1.54) is 0 Å². The summed E-state index contributed by atoms with van der Waals surface area (Å²) in [7, 11) is 3.30. The second kappa shape index (κ2) is 8.84. The quantitative estimate of drug-likeness (QED) is 0.370. The van der Waals surface area contributed by atoms with Gasteiger partial charge in [-0.2, -0.15) is 0 Å². The van der Waals surface area contributed by atoms with Crippen LogP contribution in [0, 0.1) is 5.41 Å². The number of nitrogens with two attached hydrogens (primary N) is 1. The van der Waals surface area contributed by atoms with Crippen LogP contribution in [0.1, 0.15) is 12.5 Å². The van der Waals surface area contributed by atoms with Gasteiger partial charge in [-0.15, -0.1) is 11.8 Å². The minimum Gasteiger partial charge on any atom is -0.384 e. The van der Waals surface area contributed by atoms with Crippen molar-refractivity contribution in [1.29, 1.82) is 5.41 Å². The summed E-state index contributed by atoms with van der Waals surface area (Å²) < 4.78 is 10.4. The molecule has 0 aliphatic heterocycles. The predicted octanol–water partition coefficient (Wildman–Crippen LogP) is 2.16. The molecule has 1 atom stereocenters. The summed E-state index contributed by atoms with van der Waals surface area (Å²) in [5, 5.41) is 11.1. The fraction of sp³-hybridized carbons (Fsp3) is 0.500. The Morgan fingerprint density at radius 1 is 1.45 bits per heavy atom. The summed E-state index contributed by atoms with van der Waals surface area (Å²) in [6.45, 7) is 3.20. The number of benzene rings is 1. The third-order valence-electron chi connectivity index (χ3n) is 2.80. The highest BCUT2D eigenvalue weighted by atomic mass is 32.2. The lowest BCUT2D eigenvalue weighted by atomic mass is 10.1. The number of anilines is 1. The van der Waals surface area contributed by atoms with Crippen LogP contribution in [0.4, 0.5) is 5.69 Å². The van der Waals surface area contributed by atoms with Crippen LogP contribution in [0.25, 0.3) is 0 Å². The second-order valence-electron chi connectivity index (χ2n) is 4.22. The zero-order valence-corrected chi connectivity index (χ0v) is 13.0. The van der Waals surface area contributed by atoms with Gasteiger partial charge in [0.25, 0.3) is 0 Å². The number of hydrogen-bond donors (Lipinski definition) is 3. The summed E-state index contributed by atoms with van der Waals surface area (Å²) >= 11 is 1.68. The van der Waals surface area contributed by atoms with Crippen LogP contribution in [-0.4, -0.2) is 45.1 Å². The van der Waals surface area contributed by atoms with Crippen molar-refractivity contribution in [2.24, 2.45) is 5.73 Å². The molecule has 0 aromatic heterocycles. The first-order chi connectivity index (χ1) is 9.63. The highest BCUT2D eigenvalue weighted by Crippen LogP contribution is 2.28. The Balaban J connectivity index is 2.88. The van der Waals surface area contributed by atoms with Crippen LogP contribution in [0.15, 0.2) is 23.1 Å². The number of ether oxygens (including phenoxy) is 2. The Bertz CT molecular complexity index is 440. The van der Waals surface area contributed by atoms with Gasteiger partial charge in [0.2, 0.25) is 0 Å². The maximum atomic E-state index is 7.78. The van der Waals surface area contributed by atoms with Crippen LogP contribution < -0.4 is 11.1 Å². The van der Waals surface area contributed by atoms with E-state index in [9.17, 15) is 0 Å². The summed E-state index contributed by atoms with van der Waals surface area (Å²) in [4.78, 5) is 1.02. The molecule has 0 aliphatic rings. The molecule has 1 rings (SSSR count). The van der Waals surface area contributed by atoms with Gasteiger partial charge in [-0.25, -0.2) is 0 Å². The van der Waals surface area contributed by atoms with E-state index in [0.717, 1.165) is 21.9 Å². The fourth-order valence-corrected chi connectivity index (χ4v) is 2.70. The maximum Gasteiger partial charge on any atom is 0.126 e. The van der Waals surface area contributed by atoms with E-state index in [2.05, 4.69) is 12.2 Å². The molecule has 0 fully saturated rings. The minimum atomic E-state index is -0.0395. The summed E-state index contributed by atoms with van der Waals surface area (Å²) in [5.74, 6) is 1.01. The standard InChI is InChI=1S/C14H23N3O2S/c1-4-20-12-7-5-6-11(13(12)14(15)16)17-8-10(19-3)9-18-2/h5-7,10,17H,4,8-9H2,1-3H3,(H3,15,16). The monoisotopic (exact) mass is 297 g/mol. The fourth-order valence-electron chi connectivity index (χ4n) is 1.85. The lowest BCUT2D eigenvalue weighted by Gasteiger charge is -2.19. The van der Waals surface area contributed by atoms with Crippen LogP contribution >= 0.6 is 11.8 Å². The third-order valence-corrected chi connectivity index (χ3v) is 3.74. The molecule has 0 amide bonds. The molecule has 0 aliphatic carbocycles. The second-order valence-corrected chi connectivity index (χ2v) is 5.53. The van der Waals surface area contributed by atoms with Gasteiger partial charge in [0, 0.05) is 31.3 Å². The zero-order valence-electron chi connectivity index (χ0n) is 12.2. The number of thioether (sulfide) groups is 1. The molecular weight excluding hydrogens is 274 g/mol. The van der Waals surface area contributed by atoms with Crippen molar-refractivity contribution >= 4 is 23.3 Å². The lowest BCUT2D eigenvalue weighted by Crippen LogP contribution is -2.27. The van der Waals surface area contributed by atoms with Crippen LogP contribution in [0.3, 0.4) is 0 Å². The highest BCUT2D eigenvalue weighted by molar-refractivity contribution is 7.99. The number of rotatable bonds is 9. The molecule has 1 unspecified atom stereocenters. The minimum absolute atomic E-state index is 0.0395. The van der Waals surface area contributed by atoms with Gasteiger partial charge >= 0.3 is 0 Å². The number of nitrogens with one attached hydrogen (secondary N) is 2. The van der Waals surface area contributed by atoms with Gasteiger partial charge in [-0.05, 0) is 17.9 Å². The topological polar surface area (TPSA) is 80.4 Å². The SMILES string of the molecule is CCSc1cccc(NCC(COC)OC)c1C(=N)N. The van der Waals surface area contributed by atoms with E-state index in [1.54, 1.807) is 26.0 Å². The molecule has 0 radical (unpaired) electrons. The molecule has 0 saturated heterocycles. The van der Waals surface area contributed by atoms with Crippen molar-refractivity contribution in [3.8, 4) is 0 Å². The van der Waals surface area contributed by atoms with E-state index in [4.69, 9.17) is 20.6 Å². The van der Waals surface area contributed by atoms with E-state index in [-0.39, 0.29) is 11.9 Å². The van der Waals surface area contributed by atoms with Crippen LogP contribution in [0.2, 0.25) is 0 Å². The molecule has 20 heavy (non-hydrogen) atoms. The zero-order chi connectivity index (χ0) is 15.0. The van der Waals surface area contributed by atoms with Crippen molar-refractivity contribution in [3.63, 3.8) is 0 Å². The average molecular weight is 297 g/mol. The maximum absolute atomic E-state index is 7.78. The molecule has 112 valence electrons. The molecule has 5 nitrogen and oxygen atoms in total. The van der Waals surface area contributed by atoms with Crippen molar-refractivity contribution in [2.45, 2.75) is 17.9 Å². The normalized spacial score (nSPS) is 12.2. The molecular formula is C14H23N3O2S. The van der Waals surface area contributed by atoms with Crippen molar-refractivity contribution < 1.29 is 9.47 Å². The highest BCUT2D eigenvalue weighted by Gasteiger charge is 2.13. The number of methoxy groups -OCH3 is 2. The Morgan fingerprint density at radius 3 is 2.75 bits per heavy atom. The van der Waals surface area contributed by atoms with Gasteiger partial charge < -0.3 is 20.5 Å². The van der Waals surface area contributed by atoms with E-state index < -0.39 is 0 Å². The first-order valence-electron chi connectivity index (χ1n) is 6.49. The van der Waals surface area contributed by atoms with Gasteiger partial charge in [0.05, 0.1) is 18.3 Å². The molecule has 0 saturated carbocycles. The van der Waals surface area contributed by atoms with E-state index in [1.807, 2.05) is 18.2 Å². The molecule has 1 aromatic carbocycles. The molecule has 0 spiro atoms. The number of amidine groups is 1. The molecule has 4 N–H and O–H groups in total. The van der Waals surface area contributed by atoms with Gasteiger partial charge in [0.15, 0.2) is 0 Å². The predicted molar refractivity (Wildman–Crippen MR) is 85.0 cm³/mol. The Hall–Kier alpha value is -1.24. The summed E-state index contributed by atoms with van der Waals surface area (Å²) in [6, 6.07) is 5.87. The first-order valence-corrected chi connectivity index (χ1v) is 7.48. The van der Waals surface area contributed by atoms with Crippen LogP contribution in [-0.2, 0) is 9.47 Å². The van der Waals surface area contributed by atoms with Crippen LogP contribution in [0.5, 0.6) is 0 Å². The van der Waals surface area contributed by atoms with Gasteiger partial charge in [-0.1, -0.05) is 13.0 Å². The summed E-state index contributed by atoms with van der Waals surface area (Å²) in [6.07, 6.45) is -0.0395. The Morgan fingerprint density at radius 2 is 2.20 bits per heavy atom. The largest absolute Gasteiger partial charge is 0.384 e.